The largest absolute Gasteiger partial charge is 0.586 e. The average molecular weight is 336 g/mol. The minimum Gasteiger partial charge on any atom is -0.504 e. The van der Waals surface area contributed by atoms with Gasteiger partial charge in [0.15, 0.2) is 23.0 Å². The maximum Gasteiger partial charge on any atom is 0.586 e. The molecule has 0 bridgehead atoms. The van der Waals surface area contributed by atoms with E-state index in [9.17, 15) is 18.7 Å². The van der Waals surface area contributed by atoms with Crippen LogP contribution in [0.15, 0.2) is 59.6 Å². The predicted molar refractivity (Wildman–Crippen MR) is 78.9 cm³/mol. The summed E-state index contributed by atoms with van der Waals surface area (Å²) in [6.07, 6.45) is 0.320. The van der Waals surface area contributed by atoms with Crippen molar-refractivity contribution in [3.05, 3.63) is 59.6 Å². The molecule has 0 radical (unpaired) electrons. The molecule has 1 saturated heterocycles. The van der Waals surface area contributed by atoms with Crippen molar-refractivity contribution in [3.63, 3.8) is 0 Å². The van der Waals surface area contributed by atoms with Gasteiger partial charge in [0.25, 0.3) is 0 Å². The van der Waals surface area contributed by atoms with Crippen LogP contribution in [0.3, 0.4) is 0 Å². The number of rotatable bonds is 2. The van der Waals surface area contributed by atoms with Crippen molar-refractivity contribution in [2.45, 2.75) is 20.1 Å². The molecular formula is C17H14F2O5. The number of ether oxygens (including phenoxy) is 3. The lowest BCUT2D eigenvalue weighted by molar-refractivity contribution is -0.326. The van der Waals surface area contributed by atoms with Gasteiger partial charge in [-0.25, -0.2) is 4.79 Å². The first-order valence-corrected chi connectivity index (χ1v) is 7.09. The number of halogens is 2. The maximum atomic E-state index is 13.3. The standard InChI is InChI=1S/C17H14F2O5/c1-16(2)8-10(7-13-14(9-16)24-17(18,19)23-13)15(21)22-12-6-4-3-5-11(12)20/h3-9,20H,1-2H3. The van der Waals surface area contributed by atoms with E-state index in [-0.39, 0.29) is 28.6 Å². The number of aromatic hydroxyl groups is 1. The summed E-state index contributed by atoms with van der Waals surface area (Å²) in [4.78, 5) is 12.4. The average Bonchev–Trinajstić information content (AvgIpc) is 2.66. The van der Waals surface area contributed by atoms with E-state index < -0.39 is 17.7 Å². The lowest BCUT2D eigenvalue weighted by Gasteiger charge is -2.16. The zero-order valence-corrected chi connectivity index (χ0v) is 12.9. The fourth-order valence-electron chi connectivity index (χ4n) is 2.36. The van der Waals surface area contributed by atoms with Gasteiger partial charge < -0.3 is 19.3 Å². The van der Waals surface area contributed by atoms with Crippen LogP contribution in [0.4, 0.5) is 8.78 Å². The molecular weight excluding hydrogens is 322 g/mol. The number of phenolic OH excluding ortho intramolecular Hbond substituents is 1. The molecule has 1 aromatic carbocycles. The van der Waals surface area contributed by atoms with Crippen molar-refractivity contribution in [1.29, 1.82) is 0 Å². The Balaban J connectivity index is 1.93. The third kappa shape index (κ3) is 3.24. The lowest BCUT2D eigenvalue weighted by atomic mass is 9.91. The van der Waals surface area contributed by atoms with Crippen LogP contribution >= 0.6 is 0 Å². The first kappa shape index (κ1) is 16.0. The highest BCUT2D eigenvalue weighted by molar-refractivity contribution is 5.94. The van der Waals surface area contributed by atoms with Gasteiger partial charge in [-0.15, -0.1) is 8.78 Å². The van der Waals surface area contributed by atoms with E-state index in [1.54, 1.807) is 32.1 Å². The molecule has 5 nitrogen and oxygen atoms in total. The third-order valence-corrected chi connectivity index (χ3v) is 3.32. The Hall–Kier alpha value is -2.83. The van der Waals surface area contributed by atoms with Crippen LogP contribution in [-0.4, -0.2) is 17.4 Å². The Morgan fingerprint density at radius 1 is 1.12 bits per heavy atom. The van der Waals surface area contributed by atoms with Gasteiger partial charge in [-0.05, 0) is 24.3 Å². The van der Waals surface area contributed by atoms with E-state index in [1.807, 2.05) is 0 Å². The fourth-order valence-corrected chi connectivity index (χ4v) is 2.36. The second-order valence-corrected chi connectivity index (χ2v) is 5.96. The minimum absolute atomic E-state index is 0.00537. The third-order valence-electron chi connectivity index (χ3n) is 3.32. The first-order valence-electron chi connectivity index (χ1n) is 7.09. The summed E-state index contributed by atoms with van der Waals surface area (Å²) >= 11 is 0. The fraction of sp³-hybridized carbons (Fsp3) is 0.235. The van der Waals surface area contributed by atoms with Gasteiger partial charge in [0.2, 0.25) is 0 Å². The second-order valence-electron chi connectivity index (χ2n) is 5.96. The highest BCUT2D eigenvalue weighted by Gasteiger charge is 2.47. The van der Waals surface area contributed by atoms with E-state index in [4.69, 9.17) is 4.74 Å². The second kappa shape index (κ2) is 5.36. The smallest absolute Gasteiger partial charge is 0.504 e. The van der Waals surface area contributed by atoms with Crippen LogP contribution in [0.25, 0.3) is 0 Å². The van der Waals surface area contributed by atoms with Crippen molar-refractivity contribution in [2.24, 2.45) is 5.41 Å². The van der Waals surface area contributed by atoms with E-state index in [0.29, 0.717) is 0 Å². The minimum atomic E-state index is -3.78. The SMILES string of the molecule is CC1(C)C=C(C(=O)Oc2ccccc2O)C=C2OC(F)(F)OC2=C1. The molecule has 1 aliphatic carbocycles. The summed E-state index contributed by atoms with van der Waals surface area (Å²) in [5.41, 5.74) is -0.754. The first-order chi connectivity index (χ1) is 11.2. The summed E-state index contributed by atoms with van der Waals surface area (Å²) < 4.78 is 40.5. The Labute approximate surface area is 136 Å². The van der Waals surface area contributed by atoms with Crippen molar-refractivity contribution in [2.75, 3.05) is 0 Å². The van der Waals surface area contributed by atoms with Crippen molar-refractivity contribution in [1.82, 2.24) is 0 Å². The van der Waals surface area contributed by atoms with Gasteiger partial charge in [0.1, 0.15) is 0 Å². The van der Waals surface area contributed by atoms with Gasteiger partial charge in [-0.2, -0.15) is 0 Å². The molecule has 0 unspecified atom stereocenters. The topological polar surface area (TPSA) is 65.0 Å². The zero-order valence-electron chi connectivity index (χ0n) is 12.9. The molecule has 2 aliphatic rings. The van der Waals surface area contributed by atoms with Gasteiger partial charge >= 0.3 is 12.3 Å². The highest BCUT2D eigenvalue weighted by Crippen LogP contribution is 2.41. The van der Waals surface area contributed by atoms with Crippen LogP contribution < -0.4 is 4.74 Å². The Morgan fingerprint density at radius 2 is 1.79 bits per heavy atom. The van der Waals surface area contributed by atoms with E-state index in [1.165, 1.54) is 18.2 Å². The van der Waals surface area contributed by atoms with Crippen molar-refractivity contribution < 1.29 is 32.9 Å². The van der Waals surface area contributed by atoms with Gasteiger partial charge in [-0.1, -0.05) is 32.1 Å². The predicted octanol–water partition coefficient (Wildman–Crippen LogP) is 3.63. The summed E-state index contributed by atoms with van der Waals surface area (Å²) in [5, 5.41) is 9.67. The van der Waals surface area contributed by atoms with Gasteiger partial charge in [0, 0.05) is 5.41 Å². The van der Waals surface area contributed by atoms with Crippen molar-refractivity contribution >= 4 is 5.97 Å². The molecule has 1 fully saturated rings. The van der Waals surface area contributed by atoms with Gasteiger partial charge in [-0.3, -0.25) is 0 Å². The summed E-state index contributed by atoms with van der Waals surface area (Å²) in [6.45, 7) is 3.42. The van der Waals surface area contributed by atoms with Gasteiger partial charge in [0.05, 0.1) is 5.57 Å². The highest BCUT2D eigenvalue weighted by atomic mass is 19.3. The molecule has 126 valence electrons. The number of fused-ring (bicyclic) bond motifs is 1. The normalized spacial score (nSPS) is 20.4. The quantitative estimate of drug-likeness (QED) is 0.660. The number of hydrogen-bond donors (Lipinski definition) is 1. The van der Waals surface area contributed by atoms with Crippen LogP contribution in [0, 0.1) is 5.41 Å². The van der Waals surface area contributed by atoms with E-state index in [2.05, 4.69) is 9.47 Å². The van der Waals surface area contributed by atoms with E-state index >= 15 is 0 Å². The Morgan fingerprint density at radius 3 is 2.50 bits per heavy atom. The molecule has 1 heterocycles. The molecule has 3 rings (SSSR count). The van der Waals surface area contributed by atoms with Crippen LogP contribution in [0.2, 0.25) is 0 Å². The molecule has 1 aliphatic heterocycles. The number of benzene rings is 1. The molecule has 1 N–H and O–H groups in total. The number of carbonyl (C=O) groups is 1. The lowest BCUT2D eigenvalue weighted by Crippen LogP contribution is -2.16. The molecule has 0 atom stereocenters. The van der Waals surface area contributed by atoms with Crippen LogP contribution in [-0.2, 0) is 14.3 Å². The molecule has 0 spiro atoms. The molecule has 0 amide bonds. The summed E-state index contributed by atoms with van der Waals surface area (Å²) in [6, 6.07) is 5.93. The molecule has 24 heavy (non-hydrogen) atoms. The summed E-state index contributed by atoms with van der Waals surface area (Å²) in [7, 11) is 0. The monoisotopic (exact) mass is 336 g/mol. The summed E-state index contributed by atoms with van der Waals surface area (Å²) in [5.74, 6) is -1.47. The maximum absolute atomic E-state index is 13.3. The number of alkyl halides is 2. The van der Waals surface area contributed by atoms with Crippen LogP contribution in [0.1, 0.15) is 13.8 Å². The Bertz CT molecular complexity index is 790. The number of hydrogen-bond acceptors (Lipinski definition) is 5. The number of allylic oxidation sites excluding steroid dienone is 2. The number of para-hydroxylation sites is 2. The molecule has 0 saturated carbocycles. The van der Waals surface area contributed by atoms with Crippen LogP contribution in [0.5, 0.6) is 11.5 Å². The number of esters is 1. The number of phenols is 1. The zero-order chi connectivity index (χ0) is 17.5. The molecule has 7 heteroatoms. The Kier molecular flexibility index (Phi) is 3.59. The van der Waals surface area contributed by atoms with Crippen molar-refractivity contribution in [3.8, 4) is 11.5 Å². The van der Waals surface area contributed by atoms with E-state index in [0.717, 1.165) is 6.08 Å². The number of carbonyl (C=O) groups excluding carboxylic acids is 1. The molecule has 0 aromatic heterocycles. The molecule has 1 aromatic rings.